The Kier molecular flexibility index (Phi) is 4.53. The zero-order valence-corrected chi connectivity index (χ0v) is 11.5. The molecule has 21 heavy (non-hydrogen) atoms. The summed E-state index contributed by atoms with van der Waals surface area (Å²) < 4.78 is 38.5. The molecule has 0 aromatic heterocycles. The standard InChI is InChI=1S/C15H11ClF3NO/c16-13-8-4-2-6-11(13)14(21)20-9-10-5-1-3-7-12(10)15(17,18)19/h1-8H,9H2,(H,20,21). The highest BCUT2D eigenvalue weighted by Gasteiger charge is 2.32. The molecule has 0 saturated heterocycles. The molecule has 0 aliphatic carbocycles. The van der Waals surface area contributed by atoms with E-state index in [1.54, 1.807) is 18.2 Å². The predicted octanol–water partition coefficient (Wildman–Crippen LogP) is 4.29. The van der Waals surface area contributed by atoms with E-state index in [0.29, 0.717) is 0 Å². The molecular weight excluding hydrogens is 303 g/mol. The molecule has 0 bridgehead atoms. The van der Waals surface area contributed by atoms with Crippen molar-refractivity contribution in [2.45, 2.75) is 12.7 Å². The zero-order chi connectivity index (χ0) is 15.5. The van der Waals surface area contributed by atoms with Gasteiger partial charge in [0.2, 0.25) is 0 Å². The maximum Gasteiger partial charge on any atom is 0.416 e. The van der Waals surface area contributed by atoms with Crippen LogP contribution in [0.4, 0.5) is 13.2 Å². The maximum absolute atomic E-state index is 12.8. The average molecular weight is 314 g/mol. The van der Waals surface area contributed by atoms with Crippen molar-refractivity contribution in [3.05, 3.63) is 70.2 Å². The molecule has 110 valence electrons. The number of hydrogen-bond donors (Lipinski definition) is 1. The van der Waals surface area contributed by atoms with Crippen molar-refractivity contribution in [2.75, 3.05) is 0 Å². The molecule has 6 heteroatoms. The number of carbonyl (C=O) groups is 1. The van der Waals surface area contributed by atoms with Gasteiger partial charge in [-0.15, -0.1) is 0 Å². The molecule has 0 unspecified atom stereocenters. The average Bonchev–Trinajstić information content (AvgIpc) is 2.44. The predicted molar refractivity (Wildman–Crippen MR) is 74.1 cm³/mol. The second-order valence-electron chi connectivity index (χ2n) is 4.32. The number of carbonyl (C=O) groups excluding carboxylic acids is 1. The van der Waals surface area contributed by atoms with E-state index in [1.807, 2.05) is 0 Å². The Morgan fingerprint density at radius 3 is 2.33 bits per heavy atom. The molecule has 2 nitrogen and oxygen atoms in total. The summed E-state index contributed by atoms with van der Waals surface area (Å²) in [6, 6.07) is 11.5. The Hall–Kier alpha value is -2.01. The highest BCUT2D eigenvalue weighted by molar-refractivity contribution is 6.33. The first-order chi connectivity index (χ1) is 9.89. The van der Waals surface area contributed by atoms with Gasteiger partial charge in [0.1, 0.15) is 0 Å². The van der Waals surface area contributed by atoms with Crippen LogP contribution < -0.4 is 5.32 Å². The summed E-state index contributed by atoms with van der Waals surface area (Å²) in [5, 5.41) is 2.69. The lowest BCUT2D eigenvalue weighted by atomic mass is 10.1. The fraction of sp³-hybridized carbons (Fsp3) is 0.133. The molecule has 0 atom stereocenters. The summed E-state index contributed by atoms with van der Waals surface area (Å²) in [6.07, 6.45) is -4.45. The third-order valence-corrected chi connectivity index (χ3v) is 3.21. The number of hydrogen-bond acceptors (Lipinski definition) is 1. The molecule has 0 fully saturated rings. The highest BCUT2D eigenvalue weighted by Crippen LogP contribution is 2.31. The topological polar surface area (TPSA) is 29.1 Å². The molecule has 0 saturated carbocycles. The van der Waals surface area contributed by atoms with Crippen LogP contribution in [-0.4, -0.2) is 5.91 Å². The summed E-state index contributed by atoms with van der Waals surface area (Å²) in [4.78, 5) is 11.9. The van der Waals surface area contributed by atoms with E-state index in [-0.39, 0.29) is 22.7 Å². The lowest BCUT2D eigenvalue weighted by molar-refractivity contribution is -0.138. The molecule has 1 amide bonds. The maximum atomic E-state index is 12.8. The Balaban J connectivity index is 2.14. The molecule has 2 aromatic carbocycles. The third kappa shape index (κ3) is 3.76. The third-order valence-electron chi connectivity index (χ3n) is 2.88. The van der Waals surface area contributed by atoms with Gasteiger partial charge in [-0.05, 0) is 23.8 Å². The highest BCUT2D eigenvalue weighted by atomic mass is 35.5. The summed E-state index contributed by atoms with van der Waals surface area (Å²) in [5.41, 5.74) is -0.529. The summed E-state index contributed by atoms with van der Waals surface area (Å²) in [7, 11) is 0. The molecule has 0 aliphatic heterocycles. The van der Waals surface area contributed by atoms with E-state index in [2.05, 4.69) is 5.32 Å². The summed E-state index contributed by atoms with van der Waals surface area (Å²) in [5.74, 6) is -0.516. The minimum Gasteiger partial charge on any atom is -0.348 e. The summed E-state index contributed by atoms with van der Waals surface area (Å²) in [6.45, 7) is -0.222. The zero-order valence-electron chi connectivity index (χ0n) is 10.7. The van der Waals surface area contributed by atoms with Crippen LogP contribution >= 0.6 is 11.6 Å². The second kappa shape index (κ2) is 6.18. The normalized spacial score (nSPS) is 11.2. The molecule has 0 aliphatic rings. The van der Waals surface area contributed by atoms with Crippen LogP contribution in [0, 0.1) is 0 Å². The molecule has 2 rings (SSSR count). The number of benzene rings is 2. The first-order valence-electron chi connectivity index (χ1n) is 6.07. The number of amides is 1. The fourth-order valence-corrected chi connectivity index (χ4v) is 2.09. The number of rotatable bonds is 3. The van der Waals surface area contributed by atoms with Crippen molar-refractivity contribution in [1.29, 1.82) is 0 Å². The first-order valence-corrected chi connectivity index (χ1v) is 6.45. The van der Waals surface area contributed by atoms with E-state index in [4.69, 9.17) is 11.6 Å². The van der Waals surface area contributed by atoms with Gasteiger partial charge < -0.3 is 5.32 Å². The molecule has 1 N–H and O–H groups in total. The van der Waals surface area contributed by atoms with Crippen molar-refractivity contribution in [3.63, 3.8) is 0 Å². The first kappa shape index (κ1) is 15.4. The number of halogens is 4. The summed E-state index contributed by atoms with van der Waals surface area (Å²) >= 11 is 5.86. The largest absolute Gasteiger partial charge is 0.416 e. The van der Waals surface area contributed by atoms with Crippen molar-refractivity contribution in [3.8, 4) is 0 Å². The Morgan fingerprint density at radius 2 is 1.67 bits per heavy atom. The Bertz CT molecular complexity index is 655. The quantitative estimate of drug-likeness (QED) is 0.900. The van der Waals surface area contributed by atoms with Gasteiger partial charge in [0.15, 0.2) is 0 Å². The monoisotopic (exact) mass is 313 g/mol. The van der Waals surface area contributed by atoms with Gasteiger partial charge in [0.25, 0.3) is 5.91 Å². The smallest absolute Gasteiger partial charge is 0.348 e. The van der Waals surface area contributed by atoms with E-state index in [9.17, 15) is 18.0 Å². The van der Waals surface area contributed by atoms with Crippen molar-refractivity contribution >= 4 is 17.5 Å². The minimum absolute atomic E-state index is 0.00500. The van der Waals surface area contributed by atoms with Gasteiger partial charge >= 0.3 is 6.18 Å². The van der Waals surface area contributed by atoms with Gasteiger partial charge in [-0.25, -0.2) is 0 Å². The van der Waals surface area contributed by atoms with Crippen LogP contribution in [0.15, 0.2) is 48.5 Å². The van der Waals surface area contributed by atoms with E-state index in [1.165, 1.54) is 24.3 Å². The molecule has 0 heterocycles. The SMILES string of the molecule is O=C(NCc1ccccc1C(F)(F)F)c1ccccc1Cl. The van der Waals surface area contributed by atoms with Crippen LogP contribution in [0.5, 0.6) is 0 Å². The van der Waals surface area contributed by atoms with Gasteiger partial charge in [-0.3, -0.25) is 4.79 Å². The number of alkyl halides is 3. The van der Waals surface area contributed by atoms with Crippen LogP contribution in [0.1, 0.15) is 21.5 Å². The van der Waals surface area contributed by atoms with Gasteiger partial charge in [-0.2, -0.15) is 13.2 Å². The van der Waals surface area contributed by atoms with Crippen LogP contribution in [-0.2, 0) is 12.7 Å². The van der Waals surface area contributed by atoms with Crippen LogP contribution in [0.3, 0.4) is 0 Å². The van der Waals surface area contributed by atoms with Crippen LogP contribution in [0.25, 0.3) is 0 Å². The molecular formula is C15H11ClF3NO. The molecule has 2 aromatic rings. The van der Waals surface area contributed by atoms with Crippen molar-refractivity contribution in [1.82, 2.24) is 5.32 Å². The van der Waals surface area contributed by atoms with E-state index >= 15 is 0 Å². The molecule has 0 radical (unpaired) electrons. The van der Waals surface area contributed by atoms with Gasteiger partial charge in [0, 0.05) is 6.54 Å². The van der Waals surface area contributed by atoms with E-state index in [0.717, 1.165) is 6.07 Å². The molecule has 0 spiro atoms. The van der Waals surface area contributed by atoms with E-state index < -0.39 is 17.6 Å². The van der Waals surface area contributed by atoms with Gasteiger partial charge in [0.05, 0.1) is 16.1 Å². The van der Waals surface area contributed by atoms with Crippen molar-refractivity contribution < 1.29 is 18.0 Å². The second-order valence-corrected chi connectivity index (χ2v) is 4.72. The van der Waals surface area contributed by atoms with Gasteiger partial charge in [-0.1, -0.05) is 41.9 Å². The van der Waals surface area contributed by atoms with Crippen LogP contribution in [0.2, 0.25) is 5.02 Å². The van der Waals surface area contributed by atoms with Crippen molar-refractivity contribution in [2.24, 2.45) is 0 Å². The minimum atomic E-state index is -4.45. The Labute approximate surface area is 124 Å². The number of nitrogens with one attached hydrogen (secondary N) is 1. The Morgan fingerprint density at radius 1 is 1.05 bits per heavy atom. The fourth-order valence-electron chi connectivity index (χ4n) is 1.87. The lowest BCUT2D eigenvalue weighted by Crippen LogP contribution is -2.24. The lowest BCUT2D eigenvalue weighted by Gasteiger charge is -2.13.